The van der Waals surface area contributed by atoms with Crippen LogP contribution in [0.25, 0.3) is 0 Å². The smallest absolute Gasteiger partial charge is 0.157 e. The van der Waals surface area contributed by atoms with Crippen LogP contribution in [0.4, 0.5) is 0 Å². The molecule has 0 aromatic carbocycles. The van der Waals surface area contributed by atoms with Crippen molar-refractivity contribution in [2.75, 3.05) is 13.2 Å². The molecule has 3 nitrogen and oxygen atoms in total. The molecule has 0 radical (unpaired) electrons. The molecule has 1 unspecified atom stereocenters. The lowest BCUT2D eigenvalue weighted by atomic mass is 9.63. The first-order valence-electron chi connectivity index (χ1n) is 7.33. The lowest BCUT2D eigenvalue weighted by Crippen LogP contribution is -2.35. The summed E-state index contributed by atoms with van der Waals surface area (Å²) in [5.41, 5.74) is 0.460. The summed E-state index contributed by atoms with van der Waals surface area (Å²) in [6.07, 6.45) is 6.51. The quantitative estimate of drug-likeness (QED) is 0.774. The van der Waals surface area contributed by atoms with Crippen molar-refractivity contribution in [3.63, 3.8) is 0 Å². The summed E-state index contributed by atoms with van der Waals surface area (Å²) in [5, 5.41) is 0. The maximum absolute atomic E-state index is 12.1. The highest BCUT2D eigenvalue weighted by atomic mass is 16.7. The maximum Gasteiger partial charge on any atom is 0.157 e. The van der Waals surface area contributed by atoms with E-state index in [0.717, 1.165) is 32.5 Å². The number of rotatable bonds is 3. The summed E-state index contributed by atoms with van der Waals surface area (Å²) in [5.74, 6) is 0.705. The molecule has 3 rings (SSSR count). The molecule has 0 N–H and O–H groups in total. The summed E-state index contributed by atoms with van der Waals surface area (Å²) in [6, 6.07) is 0. The highest BCUT2D eigenvalue weighted by Gasteiger charge is 2.61. The van der Waals surface area contributed by atoms with Gasteiger partial charge in [-0.1, -0.05) is 20.3 Å². The molecule has 3 aliphatic rings. The SMILES string of the molecule is CC1C(=O)C[C@]2(C)CCC[C@]12CCC1OCCO1. The van der Waals surface area contributed by atoms with Crippen LogP contribution >= 0.6 is 0 Å². The number of Topliss-reactive ketones (excluding diaryl/α,β-unsaturated/α-hetero) is 1. The summed E-state index contributed by atoms with van der Waals surface area (Å²) >= 11 is 0. The fraction of sp³-hybridized carbons (Fsp3) is 0.933. The van der Waals surface area contributed by atoms with E-state index in [0.29, 0.717) is 5.78 Å². The third kappa shape index (κ3) is 1.67. The van der Waals surface area contributed by atoms with E-state index < -0.39 is 0 Å². The lowest BCUT2D eigenvalue weighted by Gasteiger charge is -2.40. The molecule has 0 aromatic heterocycles. The van der Waals surface area contributed by atoms with Crippen LogP contribution in [0.1, 0.15) is 52.4 Å². The van der Waals surface area contributed by atoms with E-state index in [-0.39, 0.29) is 23.0 Å². The van der Waals surface area contributed by atoms with E-state index in [9.17, 15) is 4.79 Å². The third-order valence-corrected chi connectivity index (χ3v) is 5.95. The number of ether oxygens (including phenoxy) is 2. The van der Waals surface area contributed by atoms with Crippen molar-refractivity contribution in [1.82, 2.24) is 0 Å². The molecule has 1 aliphatic heterocycles. The zero-order chi connectivity index (χ0) is 12.8. The predicted octanol–water partition coefficient (Wildman–Crippen LogP) is 2.93. The molecule has 0 amide bonds. The van der Waals surface area contributed by atoms with Crippen molar-refractivity contribution >= 4 is 5.78 Å². The van der Waals surface area contributed by atoms with E-state index in [1.54, 1.807) is 0 Å². The number of fused-ring (bicyclic) bond motifs is 1. The molecule has 1 heterocycles. The van der Waals surface area contributed by atoms with E-state index in [1.807, 2.05) is 0 Å². The van der Waals surface area contributed by atoms with E-state index in [1.165, 1.54) is 19.3 Å². The predicted molar refractivity (Wildman–Crippen MR) is 68.1 cm³/mol. The Labute approximate surface area is 109 Å². The van der Waals surface area contributed by atoms with Gasteiger partial charge >= 0.3 is 0 Å². The van der Waals surface area contributed by atoms with Gasteiger partial charge in [0.15, 0.2) is 6.29 Å². The van der Waals surface area contributed by atoms with Crippen LogP contribution in [0.2, 0.25) is 0 Å². The molecule has 102 valence electrons. The second-order valence-electron chi connectivity index (χ2n) is 6.64. The minimum atomic E-state index is -0.0212. The third-order valence-electron chi connectivity index (χ3n) is 5.95. The van der Waals surface area contributed by atoms with E-state index >= 15 is 0 Å². The fourth-order valence-electron chi connectivity index (χ4n) is 4.79. The number of ketones is 1. The van der Waals surface area contributed by atoms with Gasteiger partial charge in [0, 0.05) is 12.3 Å². The summed E-state index contributed by atoms with van der Waals surface area (Å²) in [6.45, 7) is 5.93. The van der Waals surface area contributed by atoms with Crippen LogP contribution in [0.15, 0.2) is 0 Å². The van der Waals surface area contributed by atoms with Crippen LogP contribution in [0, 0.1) is 16.7 Å². The molecule has 2 aliphatic carbocycles. The molecule has 1 saturated heterocycles. The Hall–Kier alpha value is -0.410. The van der Waals surface area contributed by atoms with Crippen LogP contribution in [0.5, 0.6) is 0 Å². The molecule has 0 bridgehead atoms. The van der Waals surface area contributed by atoms with Gasteiger partial charge in [-0.3, -0.25) is 4.79 Å². The van der Waals surface area contributed by atoms with Crippen molar-refractivity contribution < 1.29 is 14.3 Å². The molecule has 0 spiro atoms. The Bertz CT molecular complexity index is 348. The summed E-state index contributed by atoms with van der Waals surface area (Å²) in [7, 11) is 0. The zero-order valence-corrected chi connectivity index (χ0v) is 11.5. The fourth-order valence-corrected chi connectivity index (χ4v) is 4.79. The Balaban J connectivity index is 1.75. The van der Waals surface area contributed by atoms with Gasteiger partial charge in [0.05, 0.1) is 13.2 Å². The summed E-state index contributed by atoms with van der Waals surface area (Å²) in [4.78, 5) is 12.1. The Kier molecular flexibility index (Phi) is 3.02. The molecular formula is C15H24O3. The number of carbonyl (C=O) groups excluding carboxylic acids is 1. The molecule has 0 aromatic rings. The first kappa shape index (κ1) is 12.6. The van der Waals surface area contributed by atoms with Gasteiger partial charge in [0.25, 0.3) is 0 Å². The zero-order valence-electron chi connectivity index (χ0n) is 11.5. The van der Waals surface area contributed by atoms with Crippen molar-refractivity contribution in [1.29, 1.82) is 0 Å². The van der Waals surface area contributed by atoms with Crippen LogP contribution in [-0.2, 0) is 14.3 Å². The molecule has 18 heavy (non-hydrogen) atoms. The summed E-state index contributed by atoms with van der Waals surface area (Å²) < 4.78 is 11.1. The molecule has 3 heteroatoms. The first-order chi connectivity index (χ1) is 8.57. The normalized spacial score (nSPS) is 44.8. The average Bonchev–Trinajstić information content (AvgIpc) is 2.97. The number of carbonyl (C=O) groups is 1. The van der Waals surface area contributed by atoms with Gasteiger partial charge in [0.2, 0.25) is 0 Å². The average molecular weight is 252 g/mol. The van der Waals surface area contributed by atoms with E-state index in [4.69, 9.17) is 9.47 Å². The van der Waals surface area contributed by atoms with Crippen LogP contribution in [-0.4, -0.2) is 25.3 Å². The number of hydrogen-bond acceptors (Lipinski definition) is 3. The highest BCUT2D eigenvalue weighted by Crippen LogP contribution is 2.66. The van der Waals surface area contributed by atoms with Crippen molar-refractivity contribution in [2.24, 2.45) is 16.7 Å². The monoisotopic (exact) mass is 252 g/mol. The topological polar surface area (TPSA) is 35.5 Å². The van der Waals surface area contributed by atoms with Gasteiger partial charge < -0.3 is 9.47 Å². The maximum atomic E-state index is 12.1. The lowest BCUT2D eigenvalue weighted by molar-refractivity contribution is -0.122. The van der Waals surface area contributed by atoms with Gasteiger partial charge in [-0.15, -0.1) is 0 Å². The molecule has 3 fully saturated rings. The largest absolute Gasteiger partial charge is 0.350 e. The minimum absolute atomic E-state index is 0.0212. The van der Waals surface area contributed by atoms with Crippen LogP contribution in [0.3, 0.4) is 0 Å². The van der Waals surface area contributed by atoms with Gasteiger partial charge in [-0.25, -0.2) is 0 Å². The van der Waals surface area contributed by atoms with Gasteiger partial charge in [0.1, 0.15) is 5.78 Å². The second kappa shape index (κ2) is 4.31. The minimum Gasteiger partial charge on any atom is -0.350 e. The highest BCUT2D eigenvalue weighted by molar-refractivity contribution is 5.85. The number of hydrogen-bond donors (Lipinski definition) is 0. The van der Waals surface area contributed by atoms with Crippen molar-refractivity contribution in [3.8, 4) is 0 Å². The van der Waals surface area contributed by atoms with Crippen LogP contribution < -0.4 is 0 Å². The Morgan fingerprint density at radius 3 is 2.72 bits per heavy atom. The van der Waals surface area contributed by atoms with Crippen molar-refractivity contribution in [2.45, 2.75) is 58.7 Å². The molecule has 3 atom stereocenters. The second-order valence-corrected chi connectivity index (χ2v) is 6.64. The Morgan fingerprint density at radius 1 is 1.28 bits per heavy atom. The first-order valence-corrected chi connectivity index (χ1v) is 7.33. The van der Waals surface area contributed by atoms with E-state index in [2.05, 4.69) is 13.8 Å². The van der Waals surface area contributed by atoms with Gasteiger partial charge in [-0.2, -0.15) is 0 Å². The van der Waals surface area contributed by atoms with Gasteiger partial charge in [-0.05, 0) is 36.5 Å². The molecule has 2 saturated carbocycles. The standard InChI is InChI=1S/C15H24O3/c1-11-12(16)10-14(2)5-3-6-15(11,14)7-4-13-17-8-9-18-13/h11,13H,3-10H2,1-2H3/t11?,14-,15-/m0/s1. The van der Waals surface area contributed by atoms with Crippen molar-refractivity contribution in [3.05, 3.63) is 0 Å². The Morgan fingerprint density at radius 2 is 2.00 bits per heavy atom. The molecular weight excluding hydrogens is 228 g/mol.